The lowest BCUT2D eigenvalue weighted by molar-refractivity contribution is -0.134. The van der Waals surface area contributed by atoms with Crippen LogP contribution in [0.4, 0.5) is 0 Å². The Bertz CT molecular complexity index is 816. The summed E-state index contributed by atoms with van der Waals surface area (Å²) in [6, 6.07) is 8.41. The quantitative estimate of drug-likeness (QED) is 0.596. The molecule has 3 heterocycles. The van der Waals surface area contributed by atoms with Gasteiger partial charge in [-0.1, -0.05) is 18.9 Å². The van der Waals surface area contributed by atoms with Crippen LogP contribution < -0.4 is 10.1 Å². The highest BCUT2D eigenvalue weighted by Gasteiger charge is 2.48. The van der Waals surface area contributed by atoms with Gasteiger partial charge in [-0.2, -0.15) is 0 Å². The highest BCUT2D eigenvalue weighted by Crippen LogP contribution is 2.49. The molecule has 0 aromatic carbocycles. The maximum absolute atomic E-state index is 9.00. The van der Waals surface area contributed by atoms with Crippen molar-refractivity contribution < 1.29 is 19.4 Å². The van der Waals surface area contributed by atoms with E-state index in [2.05, 4.69) is 22.8 Å². The van der Waals surface area contributed by atoms with Crippen molar-refractivity contribution in [3.8, 4) is 5.75 Å². The molecule has 2 aromatic heterocycles. The summed E-state index contributed by atoms with van der Waals surface area (Å²) in [6.07, 6.45) is 10.2. The number of hydrogen-bond donors (Lipinski definition) is 2. The lowest BCUT2D eigenvalue weighted by Gasteiger charge is -2.46. The number of methoxy groups -OCH3 is 1. The van der Waals surface area contributed by atoms with E-state index in [0.29, 0.717) is 0 Å². The monoisotopic (exact) mass is 446 g/mol. The van der Waals surface area contributed by atoms with Crippen molar-refractivity contribution in [2.45, 2.75) is 69.4 Å². The number of pyridine rings is 1. The Morgan fingerprint density at radius 3 is 2.74 bits per heavy atom. The van der Waals surface area contributed by atoms with E-state index in [-0.39, 0.29) is 11.0 Å². The van der Waals surface area contributed by atoms with Crippen LogP contribution in [0.15, 0.2) is 35.8 Å². The van der Waals surface area contributed by atoms with E-state index < -0.39 is 5.97 Å². The van der Waals surface area contributed by atoms with Gasteiger partial charge in [-0.25, -0.2) is 0 Å². The van der Waals surface area contributed by atoms with Crippen LogP contribution in [0.2, 0.25) is 0 Å². The number of rotatable bonds is 7. The van der Waals surface area contributed by atoms with Crippen LogP contribution in [0.1, 0.15) is 62.4 Å². The van der Waals surface area contributed by atoms with E-state index in [0.717, 1.165) is 51.6 Å². The molecule has 2 fully saturated rings. The van der Waals surface area contributed by atoms with Crippen LogP contribution in [0, 0.1) is 0 Å². The van der Waals surface area contributed by atoms with Crippen molar-refractivity contribution in [2.75, 3.05) is 20.3 Å². The second-order valence-corrected chi connectivity index (χ2v) is 9.52. The van der Waals surface area contributed by atoms with E-state index in [1.165, 1.54) is 36.3 Å². The number of aliphatic carboxylic acids is 1. The van der Waals surface area contributed by atoms with Crippen molar-refractivity contribution >= 4 is 17.3 Å². The van der Waals surface area contributed by atoms with Crippen molar-refractivity contribution in [3.05, 3.63) is 46.4 Å². The molecular weight excluding hydrogens is 412 g/mol. The maximum Gasteiger partial charge on any atom is 0.300 e. The number of carboxylic acid groups (broad SMARTS) is 1. The average Bonchev–Trinajstić information content (AvgIpc) is 3.41. The number of hydrogen-bond acceptors (Lipinski definition) is 6. The van der Waals surface area contributed by atoms with Gasteiger partial charge in [0.2, 0.25) is 0 Å². The molecule has 4 rings (SSSR count). The van der Waals surface area contributed by atoms with E-state index in [1.807, 2.05) is 18.3 Å². The Balaban J connectivity index is 0.000000628. The Morgan fingerprint density at radius 2 is 2.06 bits per heavy atom. The first-order valence-electron chi connectivity index (χ1n) is 11.0. The third-order valence-electron chi connectivity index (χ3n) is 6.36. The van der Waals surface area contributed by atoms with E-state index in [1.54, 1.807) is 18.4 Å². The number of carbonyl (C=O) groups is 1. The first-order chi connectivity index (χ1) is 15.0. The largest absolute Gasteiger partial charge is 0.496 e. The molecule has 6 nitrogen and oxygen atoms in total. The summed E-state index contributed by atoms with van der Waals surface area (Å²) in [7, 11) is 1.74. The Kier molecular flexibility index (Phi) is 8.46. The zero-order valence-electron chi connectivity index (χ0n) is 18.6. The number of ether oxygens (including phenoxy) is 2. The molecule has 1 aliphatic carbocycles. The lowest BCUT2D eigenvalue weighted by atomic mass is 9.68. The van der Waals surface area contributed by atoms with Crippen molar-refractivity contribution in [2.24, 2.45) is 0 Å². The molecule has 1 saturated carbocycles. The zero-order chi connectivity index (χ0) is 22.2. The molecule has 2 N–H and O–H groups in total. The molecule has 1 spiro atoms. The summed E-state index contributed by atoms with van der Waals surface area (Å²) in [5.41, 5.74) is 1.46. The van der Waals surface area contributed by atoms with Gasteiger partial charge in [0.1, 0.15) is 5.75 Å². The Morgan fingerprint density at radius 1 is 1.29 bits per heavy atom. The van der Waals surface area contributed by atoms with E-state index in [4.69, 9.17) is 24.4 Å². The minimum Gasteiger partial charge on any atom is -0.496 e. The van der Waals surface area contributed by atoms with Gasteiger partial charge in [0, 0.05) is 37.4 Å². The fourth-order valence-corrected chi connectivity index (χ4v) is 5.77. The normalized spacial score (nSPS) is 22.0. The van der Waals surface area contributed by atoms with Crippen LogP contribution in [-0.4, -0.2) is 41.9 Å². The smallest absolute Gasteiger partial charge is 0.300 e. The molecule has 0 unspecified atom stereocenters. The third-order valence-corrected chi connectivity index (χ3v) is 7.26. The topological polar surface area (TPSA) is 80.7 Å². The molecule has 1 atom stereocenters. The van der Waals surface area contributed by atoms with Crippen LogP contribution in [0.25, 0.3) is 0 Å². The predicted octanol–water partition coefficient (Wildman–Crippen LogP) is 4.78. The maximum atomic E-state index is 9.00. The molecule has 0 radical (unpaired) electrons. The van der Waals surface area contributed by atoms with Gasteiger partial charge in [-0.3, -0.25) is 9.78 Å². The Labute approximate surface area is 189 Å². The summed E-state index contributed by atoms with van der Waals surface area (Å²) in [4.78, 5) is 15.1. The summed E-state index contributed by atoms with van der Waals surface area (Å²) >= 11 is 1.75. The summed E-state index contributed by atoms with van der Waals surface area (Å²) in [6.45, 7) is 3.78. The fourth-order valence-electron chi connectivity index (χ4n) is 4.97. The molecule has 0 bridgehead atoms. The molecular formula is C24H34N2O4S. The van der Waals surface area contributed by atoms with Crippen LogP contribution in [-0.2, 0) is 21.5 Å². The van der Waals surface area contributed by atoms with E-state index in [9.17, 15) is 0 Å². The zero-order valence-corrected chi connectivity index (χ0v) is 19.4. The van der Waals surface area contributed by atoms with Crippen LogP contribution in [0.3, 0.4) is 0 Å². The number of thiophene rings is 1. The lowest BCUT2D eigenvalue weighted by Crippen LogP contribution is -2.47. The van der Waals surface area contributed by atoms with Gasteiger partial charge >= 0.3 is 0 Å². The summed E-state index contributed by atoms with van der Waals surface area (Å²) in [5, 5.41) is 13.2. The highest BCUT2D eigenvalue weighted by atomic mass is 32.1. The van der Waals surface area contributed by atoms with Crippen molar-refractivity contribution in [1.29, 1.82) is 0 Å². The number of nitrogens with zero attached hydrogens (tertiary/aromatic N) is 1. The van der Waals surface area contributed by atoms with Gasteiger partial charge in [0.15, 0.2) is 0 Å². The summed E-state index contributed by atoms with van der Waals surface area (Å²) < 4.78 is 11.8. The SMILES string of the molecule is CC(=O)O.COc1ccsc1CNCC[C@@]1(c2ccccn2)CCOC2(CCCC2)C1. The van der Waals surface area contributed by atoms with Gasteiger partial charge < -0.3 is 19.9 Å². The minimum atomic E-state index is -0.833. The van der Waals surface area contributed by atoms with Crippen molar-refractivity contribution in [3.63, 3.8) is 0 Å². The Hall–Kier alpha value is -1.96. The average molecular weight is 447 g/mol. The number of carboxylic acids is 1. The molecule has 1 saturated heterocycles. The first-order valence-corrected chi connectivity index (χ1v) is 11.9. The first kappa shape index (κ1) is 23.7. The van der Waals surface area contributed by atoms with Gasteiger partial charge in [0.05, 0.1) is 17.6 Å². The highest BCUT2D eigenvalue weighted by molar-refractivity contribution is 7.10. The van der Waals surface area contributed by atoms with Gasteiger partial charge in [-0.05, 0) is 62.2 Å². The number of aromatic nitrogens is 1. The second kappa shape index (κ2) is 11.1. The van der Waals surface area contributed by atoms with E-state index >= 15 is 0 Å². The van der Waals surface area contributed by atoms with Crippen LogP contribution in [0.5, 0.6) is 5.75 Å². The standard InChI is InChI=1S/C22H30N2O2S.C2H4O2/c1-25-18-7-15-27-19(18)16-23-13-10-21(20-6-2-5-12-24-20)11-14-26-22(17-21)8-3-4-9-22;1-2(3)4/h2,5-7,12,15,23H,3-4,8-11,13-14,16-17H2,1H3;1H3,(H,3,4)/t21-;/m1./s1. The number of nitrogens with one attached hydrogen (secondary N) is 1. The minimum absolute atomic E-state index is 0.0900. The van der Waals surface area contributed by atoms with Crippen LogP contribution >= 0.6 is 11.3 Å². The summed E-state index contributed by atoms with van der Waals surface area (Å²) in [5.74, 6) is 0.155. The molecule has 170 valence electrons. The van der Waals surface area contributed by atoms with Gasteiger partial charge in [-0.15, -0.1) is 11.3 Å². The molecule has 2 aliphatic rings. The fraction of sp³-hybridized carbons (Fsp3) is 0.583. The third kappa shape index (κ3) is 6.28. The second-order valence-electron chi connectivity index (χ2n) is 8.52. The molecule has 31 heavy (non-hydrogen) atoms. The molecule has 0 amide bonds. The molecule has 1 aliphatic heterocycles. The predicted molar refractivity (Wildman–Crippen MR) is 123 cm³/mol. The molecule has 2 aromatic rings. The molecule has 7 heteroatoms. The van der Waals surface area contributed by atoms with Crippen molar-refractivity contribution in [1.82, 2.24) is 10.3 Å². The van der Waals surface area contributed by atoms with Gasteiger partial charge in [0.25, 0.3) is 5.97 Å².